The predicted molar refractivity (Wildman–Crippen MR) is 74.5 cm³/mol. The molecule has 0 amide bonds. The molecule has 0 spiro atoms. The Bertz CT molecular complexity index is 545. The van der Waals surface area contributed by atoms with Crippen LogP contribution in [0.3, 0.4) is 0 Å². The Kier molecular flexibility index (Phi) is 4.59. The molecule has 0 aliphatic heterocycles. The standard InChI is InChI=1S/C12H11Cl2FN2S/c13-8-1-2-9(15)7(5-8)6-10(17-16)11-3-4-12(14)18-11/h1-5,10,17H,6,16H2. The van der Waals surface area contributed by atoms with E-state index in [-0.39, 0.29) is 11.9 Å². The lowest BCUT2D eigenvalue weighted by Crippen LogP contribution is -2.29. The number of rotatable bonds is 4. The highest BCUT2D eigenvalue weighted by Gasteiger charge is 2.15. The van der Waals surface area contributed by atoms with Crippen LogP contribution in [-0.2, 0) is 6.42 Å². The molecule has 2 aromatic rings. The van der Waals surface area contributed by atoms with Crippen LogP contribution in [0, 0.1) is 5.82 Å². The average molecular weight is 305 g/mol. The molecule has 18 heavy (non-hydrogen) atoms. The molecule has 0 fully saturated rings. The van der Waals surface area contributed by atoms with E-state index in [0.29, 0.717) is 21.3 Å². The van der Waals surface area contributed by atoms with Gasteiger partial charge in [0, 0.05) is 9.90 Å². The first kappa shape index (κ1) is 13.8. The number of thiophene rings is 1. The number of halogens is 3. The minimum atomic E-state index is -0.290. The Hall–Kier alpha value is -0.650. The molecule has 0 aliphatic carbocycles. The second-order valence-corrected chi connectivity index (χ2v) is 5.98. The summed E-state index contributed by atoms with van der Waals surface area (Å²) in [6.07, 6.45) is 0.416. The molecule has 6 heteroatoms. The van der Waals surface area contributed by atoms with Crippen molar-refractivity contribution in [2.45, 2.75) is 12.5 Å². The summed E-state index contributed by atoms with van der Waals surface area (Å²) in [5.74, 6) is 5.22. The maximum absolute atomic E-state index is 13.6. The van der Waals surface area contributed by atoms with E-state index in [1.54, 1.807) is 12.1 Å². The van der Waals surface area contributed by atoms with E-state index in [2.05, 4.69) is 5.43 Å². The molecule has 1 unspecified atom stereocenters. The van der Waals surface area contributed by atoms with Crippen molar-refractivity contribution in [2.75, 3.05) is 0 Å². The fourth-order valence-corrected chi connectivity index (χ4v) is 2.99. The molecule has 0 aliphatic rings. The summed E-state index contributed by atoms with van der Waals surface area (Å²) in [5, 5.41) is 0.506. The summed E-state index contributed by atoms with van der Waals surface area (Å²) in [5.41, 5.74) is 3.19. The number of hydrogen-bond acceptors (Lipinski definition) is 3. The molecule has 3 N–H and O–H groups in total. The van der Waals surface area contributed by atoms with Crippen molar-refractivity contribution < 1.29 is 4.39 Å². The van der Waals surface area contributed by atoms with E-state index < -0.39 is 0 Å². The summed E-state index contributed by atoms with van der Waals surface area (Å²) in [4.78, 5) is 0.960. The van der Waals surface area contributed by atoms with Crippen molar-refractivity contribution in [2.24, 2.45) is 5.84 Å². The van der Waals surface area contributed by atoms with Gasteiger partial charge in [-0.25, -0.2) is 4.39 Å². The van der Waals surface area contributed by atoms with Gasteiger partial charge in [0.25, 0.3) is 0 Å². The van der Waals surface area contributed by atoms with E-state index in [0.717, 1.165) is 4.88 Å². The van der Waals surface area contributed by atoms with Gasteiger partial charge < -0.3 is 0 Å². The number of benzene rings is 1. The molecule has 1 aromatic heterocycles. The first-order valence-electron chi connectivity index (χ1n) is 5.25. The van der Waals surface area contributed by atoms with Gasteiger partial charge in [0.05, 0.1) is 10.4 Å². The van der Waals surface area contributed by atoms with Crippen LogP contribution in [0.4, 0.5) is 4.39 Å². The fraction of sp³-hybridized carbons (Fsp3) is 0.167. The molecule has 96 valence electrons. The molecule has 2 nitrogen and oxygen atoms in total. The van der Waals surface area contributed by atoms with Crippen LogP contribution in [0.5, 0.6) is 0 Å². The minimum absolute atomic E-state index is 0.185. The van der Waals surface area contributed by atoms with E-state index in [4.69, 9.17) is 29.0 Å². The number of hydrazine groups is 1. The molecule has 2 rings (SSSR count). The van der Waals surface area contributed by atoms with E-state index in [9.17, 15) is 4.39 Å². The maximum atomic E-state index is 13.6. The van der Waals surface area contributed by atoms with Crippen LogP contribution >= 0.6 is 34.5 Å². The van der Waals surface area contributed by atoms with Gasteiger partial charge in [-0.15, -0.1) is 11.3 Å². The molecular weight excluding hydrogens is 294 g/mol. The topological polar surface area (TPSA) is 38.0 Å². The fourth-order valence-electron chi connectivity index (χ4n) is 1.68. The summed E-state index contributed by atoms with van der Waals surface area (Å²) in [6.45, 7) is 0. The van der Waals surface area contributed by atoms with Crippen molar-refractivity contribution in [3.8, 4) is 0 Å². The number of hydrogen-bond donors (Lipinski definition) is 2. The predicted octanol–water partition coefficient (Wildman–Crippen LogP) is 3.94. The molecule has 0 saturated carbocycles. The number of nitrogens with one attached hydrogen (secondary N) is 1. The Morgan fingerprint density at radius 1 is 1.28 bits per heavy atom. The molecule has 0 radical (unpaired) electrons. The summed E-state index contributed by atoms with van der Waals surface area (Å²) < 4.78 is 14.3. The van der Waals surface area contributed by atoms with Crippen molar-refractivity contribution in [3.05, 3.63) is 55.9 Å². The largest absolute Gasteiger partial charge is 0.271 e. The van der Waals surface area contributed by atoms with Gasteiger partial charge >= 0.3 is 0 Å². The Balaban J connectivity index is 2.22. The normalized spacial score (nSPS) is 12.7. The highest BCUT2D eigenvalue weighted by molar-refractivity contribution is 7.16. The van der Waals surface area contributed by atoms with Gasteiger partial charge in [-0.05, 0) is 42.3 Å². The van der Waals surface area contributed by atoms with Crippen LogP contribution < -0.4 is 11.3 Å². The first-order chi connectivity index (χ1) is 8.60. The van der Waals surface area contributed by atoms with Crippen LogP contribution in [0.15, 0.2) is 30.3 Å². The van der Waals surface area contributed by atoms with Gasteiger partial charge in [0.15, 0.2) is 0 Å². The van der Waals surface area contributed by atoms with Crippen LogP contribution in [-0.4, -0.2) is 0 Å². The van der Waals surface area contributed by atoms with Gasteiger partial charge in [0.2, 0.25) is 0 Å². The zero-order valence-electron chi connectivity index (χ0n) is 9.29. The second kappa shape index (κ2) is 5.99. The quantitative estimate of drug-likeness (QED) is 0.663. The molecule has 0 saturated heterocycles. The van der Waals surface area contributed by atoms with Gasteiger partial charge in [-0.1, -0.05) is 23.2 Å². The van der Waals surface area contributed by atoms with Crippen molar-refractivity contribution >= 4 is 34.5 Å². The third-order valence-electron chi connectivity index (χ3n) is 2.57. The smallest absolute Gasteiger partial charge is 0.126 e. The van der Waals surface area contributed by atoms with Gasteiger partial charge in [-0.3, -0.25) is 11.3 Å². The van der Waals surface area contributed by atoms with Crippen molar-refractivity contribution in [1.82, 2.24) is 5.43 Å². The lowest BCUT2D eigenvalue weighted by atomic mass is 10.0. The third-order valence-corrected chi connectivity index (χ3v) is 4.15. The number of nitrogens with two attached hydrogens (primary N) is 1. The highest BCUT2D eigenvalue weighted by atomic mass is 35.5. The zero-order chi connectivity index (χ0) is 13.1. The van der Waals surface area contributed by atoms with E-state index in [1.165, 1.54) is 23.5 Å². The van der Waals surface area contributed by atoms with Crippen molar-refractivity contribution in [1.29, 1.82) is 0 Å². The molecule has 1 aromatic carbocycles. The summed E-state index contributed by atoms with van der Waals surface area (Å²) in [7, 11) is 0. The highest BCUT2D eigenvalue weighted by Crippen LogP contribution is 2.29. The molecule has 1 atom stereocenters. The lowest BCUT2D eigenvalue weighted by Gasteiger charge is -2.14. The van der Waals surface area contributed by atoms with E-state index >= 15 is 0 Å². The van der Waals surface area contributed by atoms with Crippen LogP contribution in [0.25, 0.3) is 0 Å². The Labute approximate surface area is 118 Å². The molecule has 0 bridgehead atoms. The lowest BCUT2D eigenvalue weighted by molar-refractivity contribution is 0.535. The van der Waals surface area contributed by atoms with Gasteiger partial charge in [-0.2, -0.15) is 0 Å². The summed E-state index contributed by atoms with van der Waals surface area (Å²) >= 11 is 13.1. The third kappa shape index (κ3) is 3.22. The van der Waals surface area contributed by atoms with Gasteiger partial charge in [0.1, 0.15) is 5.82 Å². The molecule has 1 heterocycles. The Morgan fingerprint density at radius 3 is 2.67 bits per heavy atom. The van der Waals surface area contributed by atoms with E-state index in [1.807, 2.05) is 6.07 Å². The maximum Gasteiger partial charge on any atom is 0.126 e. The zero-order valence-corrected chi connectivity index (χ0v) is 11.6. The second-order valence-electron chi connectivity index (χ2n) is 3.80. The SMILES string of the molecule is NNC(Cc1cc(Cl)ccc1F)c1ccc(Cl)s1. The van der Waals surface area contributed by atoms with Crippen LogP contribution in [0.2, 0.25) is 9.36 Å². The minimum Gasteiger partial charge on any atom is -0.271 e. The van der Waals surface area contributed by atoms with Crippen molar-refractivity contribution in [3.63, 3.8) is 0 Å². The summed E-state index contributed by atoms with van der Waals surface area (Å²) in [6, 6.07) is 7.96. The molecular formula is C12H11Cl2FN2S. The Morgan fingerprint density at radius 2 is 2.06 bits per heavy atom. The average Bonchev–Trinajstić information content (AvgIpc) is 2.77. The monoisotopic (exact) mass is 304 g/mol. The first-order valence-corrected chi connectivity index (χ1v) is 6.82. The van der Waals surface area contributed by atoms with Crippen LogP contribution in [0.1, 0.15) is 16.5 Å².